The molecule has 0 spiro atoms. The Hall–Kier alpha value is -2.28. The molecular weight excluding hydrogens is 308 g/mol. The molecule has 0 aromatic carbocycles. The summed E-state index contributed by atoms with van der Waals surface area (Å²) < 4.78 is 10.4. The van der Waals surface area contributed by atoms with Gasteiger partial charge in [-0.25, -0.2) is 4.79 Å². The molecule has 3 heterocycles. The Kier molecular flexibility index (Phi) is 4.89. The summed E-state index contributed by atoms with van der Waals surface area (Å²) in [5.74, 6) is 1.72. The van der Waals surface area contributed by atoms with Crippen LogP contribution in [0.25, 0.3) is 0 Å². The molecule has 0 radical (unpaired) electrons. The maximum Gasteiger partial charge on any atom is 0.317 e. The summed E-state index contributed by atoms with van der Waals surface area (Å²) in [6.45, 7) is 9.66. The molecule has 24 heavy (non-hydrogen) atoms. The normalized spacial score (nSPS) is 17.0. The lowest BCUT2D eigenvalue weighted by molar-refractivity contribution is 0.132. The van der Waals surface area contributed by atoms with Crippen LogP contribution in [0.15, 0.2) is 27.3 Å². The molecule has 1 aliphatic rings. The Morgan fingerprint density at radius 1 is 1.33 bits per heavy atom. The molecule has 1 N–H and O–H groups in total. The number of nitrogens with zero attached hydrogens (tertiary/aromatic N) is 3. The predicted molar refractivity (Wildman–Crippen MR) is 88.5 cm³/mol. The van der Waals surface area contributed by atoms with Crippen LogP contribution in [0.2, 0.25) is 0 Å². The first-order valence-electron chi connectivity index (χ1n) is 8.27. The molecule has 0 saturated carbocycles. The molecule has 3 rings (SSSR count). The zero-order chi connectivity index (χ0) is 17.1. The van der Waals surface area contributed by atoms with E-state index in [1.807, 2.05) is 37.8 Å². The fraction of sp³-hybridized carbons (Fsp3) is 0.529. The van der Waals surface area contributed by atoms with Gasteiger partial charge in [-0.3, -0.25) is 4.90 Å². The van der Waals surface area contributed by atoms with Crippen molar-refractivity contribution in [2.45, 2.75) is 33.4 Å². The Bertz CT molecular complexity index is 672. The molecular formula is C17H24N4O3. The number of furan rings is 1. The fourth-order valence-electron chi connectivity index (χ4n) is 3.09. The van der Waals surface area contributed by atoms with Gasteiger partial charge in [-0.2, -0.15) is 0 Å². The molecule has 0 bridgehead atoms. The number of aromatic nitrogens is 1. The Morgan fingerprint density at radius 3 is 2.67 bits per heavy atom. The molecule has 2 aromatic heterocycles. The maximum atomic E-state index is 12.5. The number of piperazine rings is 1. The summed E-state index contributed by atoms with van der Waals surface area (Å²) in [6, 6.07) is 3.76. The van der Waals surface area contributed by atoms with E-state index in [1.165, 1.54) is 0 Å². The maximum absolute atomic E-state index is 12.5. The molecule has 2 aromatic rings. The van der Waals surface area contributed by atoms with Crippen molar-refractivity contribution >= 4 is 6.03 Å². The van der Waals surface area contributed by atoms with Gasteiger partial charge in [0.05, 0.1) is 11.7 Å². The van der Waals surface area contributed by atoms with Crippen LogP contribution in [0.5, 0.6) is 0 Å². The van der Waals surface area contributed by atoms with Crippen molar-refractivity contribution in [3.05, 3.63) is 41.2 Å². The largest absolute Gasteiger partial charge is 0.466 e. The van der Waals surface area contributed by atoms with Gasteiger partial charge >= 0.3 is 6.03 Å². The number of carbonyl (C=O) groups excluding carboxylic acids is 1. The molecule has 0 aliphatic carbocycles. The zero-order valence-corrected chi connectivity index (χ0v) is 14.4. The molecule has 1 fully saturated rings. The molecule has 7 heteroatoms. The third kappa shape index (κ3) is 3.79. The smallest absolute Gasteiger partial charge is 0.317 e. The first-order chi connectivity index (χ1) is 11.5. The van der Waals surface area contributed by atoms with Crippen LogP contribution in [0, 0.1) is 13.8 Å². The van der Waals surface area contributed by atoms with Gasteiger partial charge in [0.15, 0.2) is 0 Å². The summed E-state index contributed by atoms with van der Waals surface area (Å²) >= 11 is 0. The number of nitrogens with one attached hydrogen (secondary N) is 1. The van der Waals surface area contributed by atoms with Gasteiger partial charge in [0, 0.05) is 44.4 Å². The van der Waals surface area contributed by atoms with Crippen LogP contribution in [0.3, 0.4) is 0 Å². The lowest BCUT2D eigenvalue weighted by Gasteiger charge is -2.34. The van der Waals surface area contributed by atoms with E-state index in [9.17, 15) is 4.79 Å². The average Bonchev–Trinajstić information content (AvgIpc) is 3.17. The van der Waals surface area contributed by atoms with Crippen molar-refractivity contribution in [3.63, 3.8) is 0 Å². The van der Waals surface area contributed by atoms with Gasteiger partial charge in [0.2, 0.25) is 0 Å². The average molecular weight is 332 g/mol. The van der Waals surface area contributed by atoms with Crippen molar-refractivity contribution in [2.75, 3.05) is 26.2 Å². The summed E-state index contributed by atoms with van der Waals surface area (Å²) in [7, 11) is 0. The third-order valence-electron chi connectivity index (χ3n) is 4.42. The van der Waals surface area contributed by atoms with Gasteiger partial charge in [-0.05, 0) is 26.8 Å². The van der Waals surface area contributed by atoms with Crippen LogP contribution in [-0.2, 0) is 6.54 Å². The molecule has 1 aliphatic heterocycles. The summed E-state index contributed by atoms with van der Waals surface area (Å²) in [6.07, 6.45) is 1.58. The van der Waals surface area contributed by atoms with Crippen LogP contribution >= 0.6 is 0 Å². The monoisotopic (exact) mass is 332 g/mol. The van der Waals surface area contributed by atoms with Gasteiger partial charge < -0.3 is 19.2 Å². The standard InChI is InChI=1S/C17H24N4O3/c1-12-10-16(14(3)24-12)13(2)18-17(22)21-7-5-20(6-8-21)11-15-4-9-23-19-15/h4,9-10,13H,5-8,11H2,1-3H3,(H,18,22). The van der Waals surface area contributed by atoms with E-state index >= 15 is 0 Å². The van der Waals surface area contributed by atoms with Crippen molar-refractivity contribution < 1.29 is 13.7 Å². The van der Waals surface area contributed by atoms with Gasteiger partial charge in [0.1, 0.15) is 17.8 Å². The first kappa shape index (κ1) is 16.6. The number of hydrogen-bond donors (Lipinski definition) is 1. The highest BCUT2D eigenvalue weighted by molar-refractivity contribution is 5.74. The molecule has 130 valence electrons. The minimum absolute atomic E-state index is 0.0261. The SMILES string of the molecule is Cc1cc(C(C)NC(=O)N2CCN(Cc3ccon3)CC2)c(C)o1. The van der Waals surface area contributed by atoms with Gasteiger partial charge in [-0.15, -0.1) is 0 Å². The second-order valence-corrected chi connectivity index (χ2v) is 6.29. The fourth-order valence-corrected chi connectivity index (χ4v) is 3.09. The number of rotatable bonds is 4. The molecule has 1 unspecified atom stereocenters. The lowest BCUT2D eigenvalue weighted by atomic mass is 10.1. The van der Waals surface area contributed by atoms with Crippen molar-refractivity contribution in [1.29, 1.82) is 0 Å². The number of aryl methyl sites for hydroxylation is 2. The van der Waals surface area contributed by atoms with Crippen LogP contribution < -0.4 is 5.32 Å². The first-order valence-corrected chi connectivity index (χ1v) is 8.27. The Morgan fingerprint density at radius 2 is 2.08 bits per heavy atom. The quantitative estimate of drug-likeness (QED) is 0.931. The highest BCUT2D eigenvalue weighted by Gasteiger charge is 2.23. The molecule has 1 saturated heterocycles. The minimum Gasteiger partial charge on any atom is -0.466 e. The lowest BCUT2D eigenvalue weighted by Crippen LogP contribution is -2.51. The highest BCUT2D eigenvalue weighted by Crippen LogP contribution is 2.21. The van der Waals surface area contributed by atoms with Gasteiger partial charge in [-0.1, -0.05) is 5.16 Å². The van der Waals surface area contributed by atoms with Crippen molar-refractivity contribution in [1.82, 2.24) is 20.3 Å². The third-order valence-corrected chi connectivity index (χ3v) is 4.42. The highest BCUT2D eigenvalue weighted by atomic mass is 16.5. The van der Waals surface area contributed by atoms with E-state index in [0.717, 1.165) is 42.4 Å². The van der Waals surface area contributed by atoms with E-state index in [0.29, 0.717) is 13.1 Å². The van der Waals surface area contributed by atoms with Crippen LogP contribution in [0.4, 0.5) is 4.79 Å². The predicted octanol–water partition coefficient (Wildman–Crippen LogP) is 2.47. The topological polar surface area (TPSA) is 74.8 Å². The van der Waals surface area contributed by atoms with E-state index in [1.54, 1.807) is 6.26 Å². The number of carbonyl (C=O) groups is 1. The minimum atomic E-state index is -0.0666. The summed E-state index contributed by atoms with van der Waals surface area (Å²) in [5, 5.41) is 6.99. The second-order valence-electron chi connectivity index (χ2n) is 6.29. The number of hydrogen-bond acceptors (Lipinski definition) is 5. The van der Waals surface area contributed by atoms with E-state index in [2.05, 4.69) is 15.4 Å². The van der Waals surface area contributed by atoms with Crippen molar-refractivity contribution in [2.24, 2.45) is 0 Å². The number of urea groups is 1. The van der Waals surface area contributed by atoms with E-state index in [4.69, 9.17) is 8.94 Å². The summed E-state index contributed by atoms with van der Waals surface area (Å²) in [4.78, 5) is 16.6. The Balaban J connectivity index is 1.49. The zero-order valence-electron chi connectivity index (χ0n) is 14.4. The van der Waals surface area contributed by atoms with E-state index in [-0.39, 0.29) is 12.1 Å². The van der Waals surface area contributed by atoms with Crippen LogP contribution in [0.1, 0.15) is 35.7 Å². The van der Waals surface area contributed by atoms with E-state index < -0.39 is 0 Å². The molecule has 7 nitrogen and oxygen atoms in total. The summed E-state index contributed by atoms with van der Waals surface area (Å²) in [5.41, 5.74) is 1.96. The van der Waals surface area contributed by atoms with Crippen molar-refractivity contribution in [3.8, 4) is 0 Å². The Labute approximate surface area is 141 Å². The van der Waals surface area contributed by atoms with Crippen LogP contribution in [-0.4, -0.2) is 47.2 Å². The number of amides is 2. The molecule has 1 atom stereocenters. The molecule has 2 amide bonds. The second kappa shape index (κ2) is 7.09. The van der Waals surface area contributed by atoms with Gasteiger partial charge in [0.25, 0.3) is 0 Å².